The van der Waals surface area contributed by atoms with Gasteiger partial charge in [-0.2, -0.15) is 0 Å². The van der Waals surface area contributed by atoms with E-state index in [1.165, 1.54) is 209 Å². The smallest absolute Gasteiger partial charge is 0.0547 e. The van der Waals surface area contributed by atoms with Gasteiger partial charge in [0.2, 0.25) is 0 Å². The Bertz CT molecular complexity index is 7700. The first-order chi connectivity index (χ1) is 56.0. The number of fused-ring (bicyclic) bond motifs is 21. The van der Waals surface area contributed by atoms with Crippen molar-refractivity contribution in [3.63, 3.8) is 0 Å². The van der Waals surface area contributed by atoms with Crippen molar-refractivity contribution in [1.29, 1.82) is 0 Å². The summed E-state index contributed by atoms with van der Waals surface area (Å²) in [5.74, 6) is 0. The highest BCUT2D eigenvalue weighted by Gasteiger charge is 2.39. The minimum Gasteiger partial charge on any atom is -0.309 e. The number of rotatable bonds is 8. The molecular formula is C110H76N4. The maximum absolute atomic E-state index is 2.49. The number of para-hydroxylation sites is 2. The first kappa shape index (κ1) is 65.6. The van der Waals surface area contributed by atoms with E-state index < -0.39 is 0 Å². The van der Waals surface area contributed by atoms with Crippen LogP contribution in [0.1, 0.15) is 49.9 Å². The summed E-state index contributed by atoms with van der Waals surface area (Å²) in [4.78, 5) is 0. The summed E-state index contributed by atoms with van der Waals surface area (Å²) in [6.45, 7) is 9.50. The first-order valence-corrected chi connectivity index (χ1v) is 39.9. The predicted octanol–water partition coefficient (Wildman–Crippen LogP) is 29.3. The molecule has 0 amide bonds. The average Bonchev–Trinajstić information content (AvgIpc) is 1.53. The van der Waals surface area contributed by atoms with Crippen LogP contribution in [0.2, 0.25) is 0 Å². The molecule has 22 aromatic rings. The maximum atomic E-state index is 2.49. The number of hydrogen-bond acceptors (Lipinski definition) is 0. The third kappa shape index (κ3) is 9.97. The fourth-order valence-electron chi connectivity index (χ4n) is 19.8. The molecule has 24 rings (SSSR count). The highest BCUT2D eigenvalue weighted by molar-refractivity contribution is 6.20. The minimum atomic E-state index is -0.0883. The van der Waals surface area contributed by atoms with E-state index in [1.54, 1.807) is 0 Å². The van der Waals surface area contributed by atoms with Gasteiger partial charge in [-0.15, -0.1) is 0 Å². The van der Waals surface area contributed by atoms with Crippen LogP contribution >= 0.6 is 0 Å². The molecule has 0 N–H and O–H groups in total. The van der Waals surface area contributed by atoms with Crippen molar-refractivity contribution in [3.8, 4) is 89.5 Å². The molecule has 4 aromatic heterocycles. The Hall–Kier alpha value is -14.3. The van der Waals surface area contributed by atoms with Gasteiger partial charge in [0.25, 0.3) is 0 Å². The van der Waals surface area contributed by atoms with Gasteiger partial charge in [0.05, 0.1) is 44.1 Å². The van der Waals surface area contributed by atoms with Gasteiger partial charge >= 0.3 is 0 Å². The van der Waals surface area contributed by atoms with Crippen molar-refractivity contribution in [3.05, 3.63) is 411 Å². The number of aromatic nitrogens is 4. The van der Waals surface area contributed by atoms with Crippen molar-refractivity contribution in [1.82, 2.24) is 18.3 Å². The van der Waals surface area contributed by atoms with Gasteiger partial charge in [-0.1, -0.05) is 289 Å². The molecule has 0 saturated heterocycles. The Labute approximate surface area is 661 Å². The fourth-order valence-corrected chi connectivity index (χ4v) is 19.8. The van der Waals surface area contributed by atoms with Crippen LogP contribution in [0.5, 0.6) is 0 Å². The predicted molar refractivity (Wildman–Crippen MR) is 482 cm³/mol. The second kappa shape index (κ2) is 25.1. The van der Waals surface area contributed by atoms with E-state index in [4.69, 9.17) is 0 Å². The molecule has 4 heterocycles. The van der Waals surface area contributed by atoms with Crippen LogP contribution in [0.3, 0.4) is 0 Å². The summed E-state index contributed by atoms with van der Waals surface area (Å²) in [6, 6.07) is 144. The zero-order chi connectivity index (χ0) is 75.7. The van der Waals surface area contributed by atoms with Gasteiger partial charge in [0, 0.05) is 76.7 Å². The highest BCUT2D eigenvalue weighted by atomic mass is 15.0. The highest BCUT2D eigenvalue weighted by Crippen LogP contribution is 2.55. The molecule has 4 nitrogen and oxygen atoms in total. The van der Waals surface area contributed by atoms with E-state index in [9.17, 15) is 0 Å². The zero-order valence-corrected chi connectivity index (χ0v) is 63.7. The Morgan fingerprint density at radius 1 is 0.175 bits per heavy atom. The van der Waals surface area contributed by atoms with E-state index >= 15 is 0 Å². The second-order valence-corrected chi connectivity index (χ2v) is 32.3. The molecule has 0 bridgehead atoms. The normalized spacial score (nSPS) is 13.2. The molecule has 0 atom stereocenters. The van der Waals surface area contributed by atoms with Crippen LogP contribution in [-0.2, 0) is 10.8 Å². The summed E-state index contributed by atoms with van der Waals surface area (Å²) >= 11 is 0. The van der Waals surface area contributed by atoms with Crippen molar-refractivity contribution < 1.29 is 0 Å². The topological polar surface area (TPSA) is 19.7 Å². The SMILES string of the molecule is CC1(C)c2ccccc2-c2c1ccc1c2c2cc(-c3ccc4c(c3)c3ccccc3n4-c3cccc(-c4ccccc4)c3)ccc2n1-c1ccc2ccccc2c1.CC1(C)c2ccccc2-c2cc3c(cc21)c1cc(-c2ccc4c(c2)c2ccccc2n4-c2cccc(-c4ccccc4)c2)ccc1n3-c1ccc2ccccc2c1. The summed E-state index contributed by atoms with van der Waals surface area (Å²) in [5.41, 5.74) is 34.9. The lowest BCUT2D eigenvalue weighted by Crippen LogP contribution is -2.14. The second-order valence-electron chi connectivity index (χ2n) is 32.3. The first-order valence-electron chi connectivity index (χ1n) is 39.9. The van der Waals surface area contributed by atoms with Crippen molar-refractivity contribution in [2.45, 2.75) is 38.5 Å². The molecule has 2 aliphatic carbocycles. The molecule has 0 unspecified atom stereocenters. The van der Waals surface area contributed by atoms with E-state index in [0.29, 0.717) is 0 Å². The lowest BCUT2D eigenvalue weighted by molar-refractivity contribution is 0.661. The maximum Gasteiger partial charge on any atom is 0.0547 e. The summed E-state index contributed by atoms with van der Waals surface area (Å²) < 4.78 is 9.80. The van der Waals surface area contributed by atoms with E-state index in [2.05, 4.69) is 434 Å². The molecule has 18 aromatic carbocycles. The monoisotopic (exact) mass is 1450 g/mol. The van der Waals surface area contributed by atoms with Gasteiger partial charge in [0.1, 0.15) is 0 Å². The molecule has 0 aliphatic heterocycles. The van der Waals surface area contributed by atoms with Gasteiger partial charge < -0.3 is 18.3 Å². The summed E-state index contributed by atoms with van der Waals surface area (Å²) in [7, 11) is 0. The van der Waals surface area contributed by atoms with Crippen LogP contribution in [0.15, 0.2) is 388 Å². The molecule has 0 saturated carbocycles. The Morgan fingerprint density at radius 2 is 0.535 bits per heavy atom. The molecule has 0 fully saturated rings. The van der Waals surface area contributed by atoms with Crippen LogP contribution in [-0.4, -0.2) is 18.3 Å². The van der Waals surface area contributed by atoms with Crippen LogP contribution in [0, 0.1) is 0 Å². The zero-order valence-electron chi connectivity index (χ0n) is 63.7. The lowest BCUT2D eigenvalue weighted by Gasteiger charge is -2.21. The molecule has 536 valence electrons. The quantitative estimate of drug-likeness (QED) is 0.144. The number of hydrogen-bond donors (Lipinski definition) is 0. The molecule has 4 heteroatoms. The summed E-state index contributed by atoms with van der Waals surface area (Å²) in [5, 5.41) is 15.2. The molecule has 114 heavy (non-hydrogen) atoms. The van der Waals surface area contributed by atoms with Crippen LogP contribution in [0.25, 0.3) is 198 Å². The molecule has 0 radical (unpaired) electrons. The number of benzene rings is 18. The van der Waals surface area contributed by atoms with Gasteiger partial charge in [0.15, 0.2) is 0 Å². The van der Waals surface area contributed by atoms with Crippen molar-refractivity contribution >= 4 is 109 Å². The van der Waals surface area contributed by atoms with Crippen molar-refractivity contribution in [2.75, 3.05) is 0 Å². The van der Waals surface area contributed by atoms with E-state index in [0.717, 1.165) is 11.4 Å². The summed E-state index contributed by atoms with van der Waals surface area (Å²) in [6.07, 6.45) is 0. The third-order valence-corrected chi connectivity index (χ3v) is 25.4. The van der Waals surface area contributed by atoms with Crippen LogP contribution in [0.4, 0.5) is 0 Å². The largest absolute Gasteiger partial charge is 0.309 e. The van der Waals surface area contributed by atoms with Gasteiger partial charge in [-0.3, -0.25) is 0 Å². The molecule has 2 aliphatic rings. The average molecular weight is 1450 g/mol. The minimum absolute atomic E-state index is 0.0883. The van der Waals surface area contributed by atoms with Crippen molar-refractivity contribution in [2.24, 2.45) is 0 Å². The van der Waals surface area contributed by atoms with Gasteiger partial charge in [-0.05, 0) is 238 Å². The lowest BCUT2D eigenvalue weighted by atomic mass is 9.82. The van der Waals surface area contributed by atoms with Crippen LogP contribution < -0.4 is 0 Å². The van der Waals surface area contributed by atoms with E-state index in [1.807, 2.05) is 0 Å². The molecule has 0 spiro atoms. The Morgan fingerprint density at radius 3 is 1.07 bits per heavy atom. The number of nitrogens with zero attached hydrogens (tertiary/aromatic N) is 4. The fraction of sp³-hybridized carbons (Fsp3) is 0.0545. The Balaban J connectivity index is 0.000000135. The van der Waals surface area contributed by atoms with E-state index in [-0.39, 0.29) is 10.8 Å². The standard InChI is InChI=1S/2C55H38N2/c1-55(2)47-21-10-8-20-44(47)53-48(55)27-30-52-54(53)46-34-40(25-29-51(46)57(52)42-26-23-36-15-6-7-16-37(36)32-42)39-24-28-50-45(33-39)43-19-9-11-22-49(43)56(50)41-18-12-17-38(31-41)35-13-4-3-5-14-35;1-55(2)49-21-10-8-19-43(49)45-34-54-48(33-50(45)55)47-32-40(25-28-53(47)57(54)42-26-23-36-15-6-7-16-37(36)30-42)39-24-27-52-46(31-39)44-20-9-11-22-51(44)56(52)41-18-12-17-38(29-41)35-13-4-3-5-14-35/h2*3-34H,1-2H3. The Kier molecular flexibility index (Phi) is 14.4. The molecular weight excluding hydrogens is 1380 g/mol. The van der Waals surface area contributed by atoms with Gasteiger partial charge in [-0.25, -0.2) is 0 Å². The third-order valence-electron chi connectivity index (χ3n) is 25.4.